The number of rotatable bonds is 5. The molecule has 1 aromatic carbocycles. The Kier molecular flexibility index (Phi) is 5.12. The molecule has 1 aromatic rings. The van der Waals surface area contributed by atoms with Crippen LogP contribution in [0, 0.1) is 5.92 Å². The summed E-state index contributed by atoms with van der Waals surface area (Å²) in [6, 6.07) is 8.12. The fraction of sp³-hybridized carbons (Fsp3) is 0.467. The molecule has 0 radical (unpaired) electrons. The highest BCUT2D eigenvalue weighted by Gasteiger charge is 2.44. The third-order valence-electron chi connectivity index (χ3n) is 3.60. The number of ether oxygens (including phenoxy) is 1. The van der Waals surface area contributed by atoms with E-state index in [9.17, 15) is 14.7 Å². The largest absolute Gasteiger partial charge is 0.488 e. The van der Waals surface area contributed by atoms with Crippen LogP contribution < -0.4 is 4.74 Å². The van der Waals surface area contributed by atoms with Crippen molar-refractivity contribution in [2.75, 3.05) is 12.3 Å². The Balaban J connectivity index is 2.13. The average molecular weight is 309 g/mol. The Morgan fingerprint density at radius 3 is 2.67 bits per heavy atom. The van der Waals surface area contributed by atoms with E-state index in [0.717, 1.165) is 0 Å². The van der Waals surface area contributed by atoms with Crippen molar-refractivity contribution in [2.24, 2.45) is 5.92 Å². The Labute approximate surface area is 129 Å². The van der Waals surface area contributed by atoms with Crippen molar-refractivity contribution in [1.82, 2.24) is 4.90 Å². The fourth-order valence-electron chi connectivity index (χ4n) is 2.46. The number of amides is 1. The van der Waals surface area contributed by atoms with Gasteiger partial charge in [-0.2, -0.15) is 12.6 Å². The fourth-order valence-corrected chi connectivity index (χ4v) is 2.62. The number of likely N-dealkylation sites (tertiary alicyclic amines) is 1. The summed E-state index contributed by atoms with van der Waals surface area (Å²) < 4.78 is 5.75. The molecule has 3 atom stereocenters. The molecule has 1 amide bonds. The number of nitrogens with zero attached hydrogens (tertiary/aromatic N) is 1. The number of hydrogen-bond acceptors (Lipinski definition) is 4. The van der Waals surface area contributed by atoms with Gasteiger partial charge in [0.25, 0.3) is 0 Å². The van der Waals surface area contributed by atoms with Crippen molar-refractivity contribution < 1.29 is 19.4 Å². The number of thiol groups is 1. The van der Waals surface area contributed by atoms with Crippen LogP contribution in [0.3, 0.4) is 0 Å². The molecule has 0 aliphatic carbocycles. The molecule has 0 saturated carbocycles. The van der Waals surface area contributed by atoms with E-state index >= 15 is 0 Å². The van der Waals surface area contributed by atoms with Gasteiger partial charge in [-0.1, -0.05) is 25.1 Å². The second-order valence-electron chi connectivity index (χ2n) is 5.16. The lowest BCUT2D eigenvalue weighted by molar-refractivity contribution is -0.151. The summed E-state index contributed by atoms with van der Waals surface area (Å²) in [7, 11) is 0. The first kappa shape index (κ1) is 15.7. The van der Waals surface area contributed by atoms with Crippen molar-refractivity contribution >= 4 is 24.5 Å². The Hall–Kier alpha value is -1.69. The second kappa shape index (κ2) is 6.85. The maximum atomic E-state index is 12.2. The van der Waals surface area contributed by atoms with E-state index in [1.165, 1.54) is 4.90 Å². The van der Waals surface area contributed by atoms with Crippen molar-refractivity contribution in [3.63, 3.8) is 0 Å². The zero-order valence-electron chi connectivity index (χ0n) is 11.8. The number of carbonyl (C=O) groups excluding carboxylic acids is 1. The van der Waals surface area contributed by atoms with E-state index in [1.54, 1.807) is 19.1 Å². The van der Waals surface area contributed by atoms with Crippen molar-refractivity contribution in [3.8, 4) is 5.75 Å². The monoisotopic (exact) mass is 309 g/mol. The molecule has 1 aliphatic heterocycles. The molecule has 0 bridgehead atoms. The lowest BCUT2D eigenvalue weighted by atomic mass is 10.1. The van der Waals surface area contributed by atoms with Crippen LogP contribution in [0.1, 0.15) is 13.3 Å². The molecule has 2 unspecified atom stereocenters. The van der Waals surface area contributed by atoms with Gasteiger partial charge >= 0.3 is 5.97 Å². The Morgan fingerprint density at radius 2 is 2.10 bits per heavy atom. The third kappa shape index (κ3) is 3.50. The van der Waals surface area contributed by atoms with Gasteiger partial charge < -0.3 is 14.7 Å². The summed E-state index contributed by atoms with van der Waals surface area (Å²) in [6.45, 7) is 2.14. The van der Waals surface area contributed by atoms with Crippen molar-refractivity contribution in [1.29, 1.82) is 0 Å². The number of aliphatic carboxylic acids is 1. The summed E-state index contributed by atoms with van der Waals surface area (Å²) in [4.78, 5) is 25.2. The van der Waals surface area contributed by atoms with E-state index in [4.69, 9.17) is 4.74 Å². The van der Waals surface area contributed by atoms with Crippen LogP contribution in [0.2, 0.25) is 0 Å². The van der Waals surface area contributed by atoms with E-state index < -0.39 is 18.1 Å². The lowest BCUT2D eigenvalue weighted by Gasteiger charge is -2.26. The standard InChI is InChI=1S/C15H19NO4S/c1-10(9-21)14(17)16-8-7-12(13(16)15(18)19)20-11-5-3-2-4-6-11/h2-6,10,12-13,21H,7-9H2,1H3,(H,18,19)/t10?,12?,13-/m0/s1. The van der Waals surface area contributed by atoms with Gasteiger partial charge in [-0.25, -0.2) is 4.79 Å². The molecule has 1 heterocycles. The normalized spacial score (nSPS) is 22.9. The number of benzene rings is 1. The maximum absolute atomic E-state index is 12.2. The van der Waals surface area contributed by atoms with Crippen LogP contribution >= 0.6 is 12.6 Å². The lowest BCUT2D eigenvalue weighted by Crippen LogP contribution is -2.48. The molecule has 0 spiro atoms. The molecule has 21 heavy (non-hydrogen) atoms. The highest BCUT2D eigenvalue weighted by atomic mass is 32.1. The molecule has 0 aromatic heterocycles. The first-order valence-electron chi connectivity index (χ1n) is 6.90. The number of carboxylic acid groups (broad SMARTS) is 1. The smallest absolute Gasteiger partial charge is 0.330 e. The molecule has 1 aliphatic rings. The highest BCUT2D eigenvalue weighted by Crippen LogP contribution is 2.25. The average Bonchev–Trinajstić information content (AvgIpc) is 2.90. The molecule has 5 nitrogen and oxygen atoms in total. The van der Waals surface area contributed by atoms with E-state index in [2.05, 4.69) is 12.6 Å². The predicted octanol–water partition coefficient (Wildman–Crippen LogP) is 1.69. The number of carboxylic acids is 1. The zero-order chi connectivity index (χ0) is 15.4. The number of para-hydroxylation sites is 1. The molecular weight excluding hydrogens is 290 g/mol. The predicted molar refractivity (Wildman–Crippen MR) is 81.6 cm³/mol. The summed E-state index contributed by atoms with van der Waals surface area (Å²) in [5, 5.41) is 9.44. The van der Waals surface area contributed by atoms with Gasteiger partial charge in [-0.3, -0.25) is 4.79 Å². The second-order valence-corrected chi connectivity index (χ2v) is 5.52. The molecule has 6 heteroatoms. The van der Waals surface area contributed by atoms with Gasteiger partial charge in [0, 0.05) is 24.6 Å². The minimum atomic E-state index is -1.03. The van der Waals surface area contributed by atoms with Crippen LogP contribution in [0.25, 0.3) is 0 Å². The zero-order valence-corrected chi connectivity index (χ0v) is 12.7. The third-order valence-corrected chi connectivity index (χ3v) is 4.15. The first-order valence-corrected chi connectivity index (χ1v) is 7.53. The van der Waals surface area contributed by atoms with Crippen LogP contribution in [-0.4, -0.2) is 46.3 Å². The van der Waals surface area contributed by atoms with Gasteiger partial charge in [-0.05, 0) is 12.1 Å². The number of hydrogen-bond donors (Lipinski definition) is 2. The van der Waals surface area contributed by atoms with Gasteiger partial charge in [0.2, 0.25) is 5.91 Å². The summed E-state index contributed by atoms with van der Waals surface area (Å²) in [5.74, 6) is -0.507. The van der Waals surface area contributed by atoms with Crippen molar-refractivity contribution in [2.45, 2.75) is 25.5 Å². The molecule has 1 fully saturated rings. The summed E-state index contributed by atoms with van der Waals surface area (Å²) >= 11 is 4.11. The van der Waals surface area contributed by atoms with E-state index in [-0.39, 0.29) is 11.8 Å². The SMILES string of the molecule is CC(CS)C(=O)N1CCC(Oc2ccccc2)[C@H]1C(=O)O. The minimum absolute atomic E-state index is 0.184. The van der Waals surface area contributed by atoms with Crippen LogP contribution in [0.4, 0.5) is 0 Å². The Bertz CT molecular complexity index is 508. The minimum Gasteiger partial charge on any atom is -0.488 e. The molecule has 114 valence electrons. The van der Waals surface area contributed by atoms with Crippen LogP contribution in [0.15, 0.2) is 30.3 Å². The topological polar surface area (TPSA) is 66.8 Å². The molecular formula is C15H19NO4S. The summed E-state index contributed by atoms with van der Waals surface area (Å²) in [5.41, 5.74) is 0. The quantitative estimate of drug-likeness (QED) is 0.812. The molecule has 1 N–H and O–H groups in total. The van der Waals surface area contributed by atoms with E-state index in [1.807, 2.05) is 18.2 Å². The maximum Gasteiger partial charge on any atom is 0.330 e. The van der Waals surface area contributed by atoms with Crippen LogP contribution in [-0.2, 0) is 9.59 Å². The van der Waals surface area contributed by atoms with Gasteiger partial charge in [0.05, 0.1) is 0 Å². The Morgan fingerprint density at radius 1 is 1.43 bits per heavy atom. The van der Waals surface area contributed by atoms with E-state index in [0.29, 0.717) is 24.5 Å². The van der Waals surface area contributed by atoms with Crippen molar-refractivity contribution in [3.05, 3.63) is 30.3 Å². The number of carbonyl (C=O) groups is 2. The summed E-state index contributed by atoms with van der Waals surface area (Å²) in [6.07, 6.45) is -0.0161. The first-order chi connectivity index (χ1) is 10.0. The van der Waals surface area contributed by atoms with Gasteiger partial charge in [0.1, 0.15) is 11.9 Å². The van der Waals surface area contributed by atoms with Crippen LogP contribution in [0.5, 0.6) is 5.75 Å². The highest BCUT2D eigenvalue weighted by molar-refractivity contribution is 7.80. The molecule has 2 rings (SSSR count). The van der Waals surface area contributed by atoms with Gasteiger partial charge in [-0.15, -0.1) is 0 Å². The molecule has 1 saturated heterocycles. The van der Waals surface area contributed by atoms with Gasteiger partial charge in [0.15, 0.2) is 6.04 Å².